The van der Waals surface area contributed by atoms with Crippen molar-refractivity contribution in [1.82, 2.24) is 0 Å². The summed E-state index contributed by atoms with van der Waals surface area (Å²) in [5, 5.41) is 3.50. The minimum absolute atomic E-state index is 0.850. The van der Waals surface area contributed by atoms with E-state index in [0.29, 0.717) is 0 Å². The van der Waals surface area contributed by atoms with Crippen LogP contribution in [0.1, 0.15) is 24.0 Å². The van der Waals surface area contributed by atoms with E-state index >= 15 is 0 Å². The number of nitrogens with one attached hydrogen (secondary N) is 1. The number of halogens is 1. The maximum atomic E-state index is 3.59. The predicted molar refractivity (Wildman–Crippen MR) is 94.1 cm³/mol. The average Bonchev–Trinajstić information content (AvgIpc) is 3.03. The molecule has 0 amide bonds. The Balaban J connectivity index is 1.64. The van der Waals surface area contributed by atoms with Crippen LogP contribution in [0.5, 0.6) is 0 Å². The number of aryl methyl sites for hydroxylation is 1. The molecule has 21 heavy (non-hydrogen) atoms. The maximum Gasteiger partial charge on any atom is 0.0489 e. The SMILES string of the molecule is Cc1ccc(Br)c(NCc2ccc(N3CCCC3)cc2)c1. The molecule has 1 N–H and O–H groups in total. The summed E-state index contributed by atoms with van der Waals surface area (Å²) >= 11 is 3.59. The Morgan fingerprint density at radius 2 is 1.76 bits per heavy atom. The standard InChI is InChI=1S/C18H21BrN2/c1-14-4-9-17(19)18(12-14)20-13-15-5-7-16(8-6-15)21-10-2-3-11-21/h4-9,12,20H,2-3,10-11,13H2,1H3. The third-order valence-electron chi connectivity index (χ3n) is 4.01. The number of anilines is 2. The molecule has 1 aliphatic rings. The second-order valence-corrected chi connectivity index (χ2v) is 6.55. The van der Waals surface area contributed by atoms with Gasteiger partial charge in [-0.25, -0.2) is 0 Å². The van der Waals surface area contributed by atoms with Crippen molar-refractivity contribution < 1.29 is 0 Å². The van der Waals surface area contributed by atoms with Gasteiger partial charge in [0.15, 0.2) is 0 Å². The third-order valence-corrected chi connectivity index (χ3v) is 4.70. The van der Waals surface area contributed by atoms with Crippen LogP contribution in [0.3, 0.4) is 0 Å². The van der Waals surface area contributed by atoms with Gasteiger partial charge in [0.05, 0.1) is 0 Å². The van der Waals surface area contributed by atoms with Crippen LogP contribution in [0, 0.1) is 6.92 Å². The van der Waals surface area contributed by atoms with Gasteiger partial charge in [-0.3, -0.25) is 0 Å². The summed E-state index contributed by atoms with van der Waals surface area (Å²) in [6, 6.07) is 15.3. The number of nitrogens with zero attached hydrogens (tertiary/aromatic N) is 1. The lowest BCUT2D eigenvalue weighted by Crippen LogP contribution is -2.17. The molecule has 1 saturated heterocycles. The summed E-state index contributed by atoms with van der Waals surface area (Å²) in [6.07, 6.45) is 2.65. The molecule has 2 nitrogen and oxygen atoms in total. The lowest BCUT2D eigenvalue weighted by molar-refractivity contribution is 0.949. The molecule has 0 unspecified atom stereocenters. The van der Waals surface area contributed by atoms with E-state index in [1.54, 1.807) is 0 Å². The zero-order chi connectivity index (χ0) is 14.7. The van der Waals surface area contributed by atoms with Gasteiger partial charge in [-0.2, -0.15) is 0 Å². The zero-order valence-electron chi connectivity index (χ0n) is 12.4. The molecule has 3 heteroatoms. The molecule has 110 valence electrons. The van der Waals surface area contributed by atoms with E-state index < -0.39 is 0 Å². The Morgan fingerprint density at radius 3 is 2.48 bits per heavy atom. The number of hydrogen-bond donors (Lipinski definition) is 1. The van der Waals surface area contributed by atoms with E-state index in [2.05, 4.69) is 75.5 Å². The second-order valence-electron chi connectivity index (χ2n) is 5.70. The molecule has 0 atom stereocenters. The van der Waals surface area contributed by atoms with E-state index in [9.17, 15) is 0 Å². The quantitative estimate of drug-likeness (QED) is 0.842. The van der Waals surface area contributed by atoms with E-state index in [-0.39, 0.29) is 0 Å². The van der Waals surface area contributed by atoms with Crippen molar-refractivity contribution >= 4 is 27.3 Å². The van der Waals surface area contributed by atoms with Gasteiger partial charge in [-0.1, -0.05) is 18.2 Å². The first-order valence-corrected chi connectivity index (χ1v) is 8.35. The highest BCUT2D eigenvalue weighted by molar-refractivity contribution is 9.10. The third kappa shape index (κ3) is 3.59. The van der Waals surface area contributed by atoms with Gasteiger partial charge >= 0.3 is 0 Å². The van der Waals surface area contributed by atoms with Crippen LogP contribution in [0.25, 0.3) is 0 Å². The summed E-state index contributed by atoms with van der Waals surface area (Å²) in [7, 11) is 0. The number of hydrogen-bond acceptors (Lipinski definition) is 2. The lowest BCUT2D eigenvalue weighted by Gasteiger charge is -2.18. The maximum absolute atomic E-state index is 3.59. The van der Waals surface area contributed by atoms with Crippen molar-refractivity contribution in [2.24, 2.45) is 0 Å². The van der Waals surface area contributed by atoms with Crippen molar-refractivity contribution in [3.63, 3.8) is 0 Å². The van der Waals surface area contributed by atoms with Gasteiger partial charge in [-0.15, -0.1) is 0 Å². The topological polar surface area (TPSA) is 15.3 Å². The van der Waals surface area contributed by atoms with Crippen molar-refractivity contribution in [2.45, 2.75) is 26.3 Å². The summed E-state index contributed by atoms with van der Waals surface area (Å²) in [6.45, 7) is 5.37. The lowest BCUT2D eigenvalue weighted by atomic mass is 10.1. The van der Waals surface area contributed by atoms with E-state index in [0.717, 1.165) is 16.7 Å². The van der Waals surface area contributed by atoms with Crippen LogP contribution < -0.4 is 10.2 Å². The molecular formula is C18H21BrN2. The highest BCUT2D eigenvalue weighted by Gasteiger charge is 2.11. The van der Waals surface area contributed by atoms with Crippen LogP contribution >= 0.6 is 15.9 Å². The molecule has 0 spiro atoms. The first-order chi connectivity index (χ1) is 10.2. The summed E-state index contributed by atoms with van der Waals surface area (Å²) < 4.78 is 1.11. The van der Waals surface area contributed by atoms with Crippen LogP contribution in [0.2, 0.25) is 0 Å². The van der Waals surface area contributed by atoms with Gasteiger partial charge in [0.25, 0.3) is 0 Å². The van der Waals surface area contributed by atoms with E-state index in [4.69, 9.17) is 0 Å². The molecule has 2 aromatic rings. The second kappa shape index (κ2) is 6.52. The minimum Gasteiger partial charge on any atom is -0.380 e. The fourth-order valence-corrected chi connectivity index (χ4v) is 3.16. The van der Waals surface area contributed by atoms with Crippen LogP contribution in [0.15, 0.2) is 46.9 Å². The zero-order valence-corrected chi connectivity index (χ0v) is 14.0. The normalized spacial score (nSPS) is 14.5. The summed E-state index contributed by atoms with van der Waals surface area (Å²) in [4.78, 5) is 2.47. The fourth-order valence-electron chi connectivity index (χ4n) is 2.77. The molecule has 0 aliphatic carbocycles. The number of rotatable bonds is 4. The fraction of sp³-hybridized carbons (Fsp3) is 0.333. The van der Waals surface area contributed by atoms with Gasteiger partial charge in [0.1, 0.15) is 0 Å². The predicted octanol–water partition coefficient (Wildman–Crippen LogP) is 4.97. The molecule has 1 heterocycles. The summed E-state index contributed by atoms with van der Waals surface area (Å²) in [5.41, 5.74) is 5.09. The van der Waals surface area contributed by atoms with E-state index in [1.165, 1.54) is 42.7 Å². The van der Waals surface area contributed by atoms with Crippen molar-refractivity contribution in [3.05, 3.63) is 58.1 Å². The molecule has 2 aromatic carbocycles. The molecule has 0 saturated carbocycles. The van der Waals surface area contributed by atoms with Crippen molar-refractivity contribution in [2.75, 3.05) is 23.3 Å². The average molecular weight is 345 g/mol. The molecule has 0 radical (unpaired) electrons. The van der Waals surface area contributed by atoms with Gasteiger partial charge in [0.2, 0.25) is 0 Å². The Bertz CT molecular complexity index is 601. The Hall–Kier alpha value is -1.48. The molecule has 0 aromatic heterocycles. The van der Waals surface area contributed by atoms with Crippen LogP contribution in [0.4, 0.5) is 11.4 Å². The van der Waals surface area contributed by atoms with Gasteiger partial charge in [0, 0.05) is 35.5 Å². The largest absolute Gasteiger partial charge is 0.380 e. The highest BCUT2D eigenvalue weighted by atomic mass is 79.9. The first-order valence-electron chi connectivity index (χ1n) is 7.56. The monoisotopic (exact) mass is 344 g/mol. The van der Waals surface area contributed by atoms with E-state index in [1.807, 2.05) is 0 Å². The highest BCUT2D eigenvalue weighted by Crippen LogP contribution is 2.25. The van der Waals surface area contributed by atoms with Gasteiger partial charge in [-0.05, 0) is 71.1 Å². The summed E-state index contributed by atoms with van der Waals surface area (Å²) in [5.74, 6) is 0. The van der Waals surface area contributed by atoms with Gasteiger partial charge < -0.3 is 10.2 Å². The first kappa shape index (κ1) is 14.5. The molecule has 0 bridgehead atoms. The Morgan fingerprint density at radius 1 is 1.05 bits per heavy atom. The Kier molecular flexibility index (Phi) is 4.49. The minimum atomic E-state index is 0.850. The Labute approximate surface area is 135 Å². The van der Waals surface area contributed by atoms with Crippen LogP contribution in [-0.4, -0.2) is 13.1 Å². The molecule has 1 aliphatic heterocycles. The van der Waals surface area contributed by atoms with Crippen molar-refractivity contribution in [3.8, 4) is 0 Å². The molecule has 1 fully saturated rings. The molecular weight excluding hydrogens is 324 g/mol. The smallest absolute Gasteiger partial charge is 0.0489 e. The van der Waals surface area contributed by atoms with Crippen LogP contribution in [-0.2, 0) is 6.54 Å². The molecule has 3 rings (SSSR count). The van der Waals surface area contributed by atoms with Crippen molar-refractivity contribution in [1.29, 1.82) is 0 Å². The number of benzene rings is 2.